The molecule has 0 aliphatic rings. The fraction of sp³-hybridized carbons (Fsp3) is 1.00. The van der Waals surface area contributed by atoms with Crippen LogP contribution in [0.5, 0.6) is 0 Å². The summed E-state index contributed by atoms with van der Waals surface area (Å²) in [6.07, 6.45) is 0. The van der Waals surface area contributed by atoms with E-state index in [0.717, 1.165) is 0 Å². The van der Waals surface area contributed by atoms with Crippen LogP contribution in [0.25, 0.3) is 0 Å². The van der Waals surface area contributed by atoms with Crippen LogP contribution < -0.4 is 0 Å². The van der Waals surface area contributed by atoms with E-state index in [9.17, 15) is 0 Å². The van der Waals surface area contributed by atoms with E-state index in [1.165, 1.54) is 0 Å². The fourth-order valence-electron chi connectivity index (χ4n) is 1.87. The van der Waals surface area contributed by atoms with Crippen LogP contribution in [0.4, 0.5) is 0 Å². The van der Waals surface area contributed by atoms with Crippen LogP contribution >= 0.6 is 0 Å². The Bertz CT molecular complexity index is 942. The summed E-state index contributed by atoms with van der Waals surface area (Å²) in [6.45, 7) is 44.1. The van der Waals surface area contributed by atoms with Crippen LogP contribution in [0, 0.1) is 0 Å². The quantitative estimate of drug-likeness (QED) is 0.358. The monoisotopic (exact) mass is 1150 g/mol. The molecule has 0 bridgehead atoms. The van der Waals surface area contributed by atoms with Gasteiger partial charge in [-0.1, -0.05) is 0 Å². The van der Waals surface area contributed by atoms with Gasteiger partial charge in [0.15, 0.2) is 0 Å². The molecule has 0 aliphatic heterocycles. The van der Waals surface area contributed by atoms with E-state index in [1.54, 1.807) is 0 Å². The topological polar surface area (TPSA) is 29.6 Å². The number of rotatable bonds is 0. The Morgan fingerprint density at radius 2 is 0.333 bits per heavy atom. The summed E-state index contributed by atoms with van der Waals surface area (Å²) in [5.41, 5.74) is 1.20. The van der Waals surface area contributed by atoms with Gasteiger partial charge in [0.05, 0.1) is 0 Å². The molecule has 0 N–H and O–H groups in total. The third-order valence-corrected chi connectivity index (χ3v) is 58.1. The van der Waals surface area contributed by atoms with Crippen molar-refractivity contribution in [2.45, 2.75) is 158 Å². The molecular formula is C24H54N6Se9. The van der Waals surface area contributed by atoms with Crippen molar-refractivity contribution in [3.05, 3.63) is 0 Å². The van der Waals surface area contributed by atoms with Gasteiger partial charge in [0, 0.05) is 0 Å². The summed E-state index contributed by atoms with van der Waals surface area (Å²) >= 11 is 3.98. The van der Waals surface area contributed by atoms with Crippen molar-refractivity contribution in [2.24, 2.45) is 0 Å². The van der Waals surface area contributed by atoms with Crippen molar-refractivity contribution in [1.82, 2.24) is 15.3 Å². The first kappa shape index (κ1) is 40.5. The molecule has 0 aliphatic carbocycles. The normalized spacial score (nSPS) is 13.4. The van der Waals surface area contributed by atoms with E-state index in [-0.39, 0.29) is 33.2 Å². The molecule has 0 spiro atoms. The third-order valence-electron chi connectivity index (χ3n) is 4.24. The summed E-state index contributed by atoms with van der Waals surface area (Å²) in [6, 6.07) is 0. The van der Waals surface area contributed by atoms with E-state index < -0.39 is 0 Å². The molecule has 0 unspecified atom stereocenters. The molecule has 0 amide bonds. The van der Waals surface area contributed by atoms with Crippen molar-refractivity contribution in [3.63, 3.8) is 0 Å². The van der Waals surface area contributed by atoms with Gasteiger partial charge in [0.2, 0.25) is 0 Å². The second-order valence-electron chi connectivity index (χ2n) is 15.3. The van der Waals surface area contributed by atoms with Gasteiger partial charge in [-0.25, -0.2) is 0 Å². The second-order valence-corrected chi connectivity index (χ2v) is 44.1. The molecule has 0 aromatic carbocycles. The van der Waals surface area contributed by atoms with Crippen molar-refractivity contribution in [2.75, 3.05) is 0 Å². The Hall–Kier alpha value is 3.48. The Labute approximate surface area is 291 Å². The summed E-state index contributed by atoms with van der Waals surface area (Å²) in [5, 5.41) is 0. The summed E-state index contributed by atoms with van der Waals surface area (Å²) < 4.78 is 17.5. The second kappa shape index (κ2) is 15.4. The Balaban J connectivity index is 4.75. The predicted molar refractivity (Wildman–Crippen MR) is 183 cm³/mol. The van der Waals surface area contributed by atoms with E-state index in [0.29, 0.717) is 122 Å². The maximum absolute atomic E-state index is 2.91. The zero-order valence-electron chi connectivity index (χ0n) is 27.4. The summed E-state index contributed by atoms with van der Waals surface area (Å²) in [5.74, 6) is 0. The van der Waals surface area contributed by atoms with Crippen LogP contribution in [0.2, 0.25) is 0 Å². The first-order chi connectivity index (χ1) is 17.1. The van der Waals surface area contributed by atoms with Crippen molar-refractivity contribution in [3.8, 4) is 0 Å². The molecule has 15 heteroatoms. The Morgan fingerprint density at radius 3 is 0.410 bits per heavy atom. The third kappa shape index (κ3) is 14.6. The van der Waals surface area contributed by atoms with Crippen LogP contribution in [0.1, 0.15) is 125 Å². The zero-order valence-corrected chi connectivity index (χ0v) is 42.8. The summed E-state index contributed by atoms with van der Waals surface area (Å²) in [7, 11) is 0. The molecule has 1 aromatic rings. The molecule has 0 fully saturated rings. The number of aromatic nitrogens is 6. The first-order valence-electron chi connectivity index (χ1n) is 13.0. The van der Waals surface area contributed by atoms with Crippen molar-refractivity contribution in [1.29, 1.82) is 0 Å². The molecule has 234 valence electrons. The van der Waals surface area contributed by atoms with Gasteiger partial charge in [0.1, 0.15) is 0 Å². The van der Waals surface area contributed by atoms with Gasteiger partial charge in [-0.3, -0.25) is 0 Å². The van der Waals surface area contributed by atoms with Gasteiger partial charge in [0.25, 0.3) is 0 Å². The first-order valence-corrected chi connectivity index (χ1v) is 35.2. The minimum absolute atomic E-state index is 0.201. The fourth-order valence-corrected chi connectivity index (χ4v) is 56.3. The molecule has 39 heavy (non-hydrogen) atoms. The standard InChI is InChI=1S/C24H54N6Se9/c1-19(2,3)25-31-26(20(4,5)6)36-37-29(23(13,14)15)33-30(24(16,17)18)39-38-28(22(10,11)12)32-27(35-34-25)21(7,8)9/h1-18H3. The van der Waals surface area contributed by atoms with Gasteiger partial charge < -0.3 is 0 Å². The molecule has 0 radical (unpaired) electrons. The van der Waals surface area contributed by atoms with Gasteiger partial charge in [-0.2, -0.15) is 0 Å². The van der Waals surface area contributed by atoms with Gasteiger partial charge >= 0.3 is 295 Å². The van der Waals surface area contributed by atoms with Crippen molar-refractivity contribution < 1.29 is 0 Å². The van der Waals surface area contributed by atoms with Crippen LogP contribution in [-0.4, -0.2) is 137 Å². The molecule has 1 heterocycles. The number of nitrogens with zero attached hydrogens (tertiary/aromatic N) is 6. The SMILES string of the molecule is CC(C)(C)n1[se][se]n(C(C)(C)C)[se]n(C(C)(C)C)[se][se]n(C(C)(C)C)[se]n(C(C)(C)C)[se][se]n(C(C)(C)C)[se]1. The maximum atomic E-state index is 2.91. The van der Waals surface area contributed by atoms with Crippen LogP contribution in [0.3, 0.4) is 0 Å². The number of hydrogen-bond donors (Lipinski definition) is 0. The zero-order chi connectivity index (χ0) is 30.8. The molecule has 1 aromatic heterocycles. The molecule has 0 saturated heterocycles. The van der Waals surface area contributed by atoms with Gasteiger partial charge in [-0.05, 0) is 0 Å². The molecule has 6 nitrogen and oxygen atoms in total. The average molecular weight is 1140 g/mol. The minimum atomic E-state index is 0.201. The molecule has 0 atom stereocenters. The average Bonchev–Trinajstić information content (AvgIpc) is 2.66. The number of hydrogen-bond acceptors (Lipinski definition) is 0. The Kier molecular flexibility index (Phi) is 16.0. The van der Waals surface area contributed by atoms with E-state index in [4.69, 9.17) is 0 Å². The predicted octanol–water partition coefficient (Wildman–Crippen LogP) is 3.29. The van der Waals surface area contributed by atoms with Crippen LogP contribution in [0.15, 0.2) is 0 Å². The van der Waals surface area contributed by atoms with E-state index >= 15 is 0 Å². The van der Waals surface area contributed by atoms with E-state index in [1.807, 2.05) is 0 Å². The molecule has 1 rings (SSSR count). The summed E-state index contributed by atoms with van der Waals surface area (Å²) in [4.78, 5) is 0. The van der Waals surface area contributed by atoms with Crippen molar-refractivity contribution >= 4 is 122 Å². The molecule has 0 saturated carbocycles. The van der Waals surface area contributed by atoms with E-state index in [2.05, 4.69) is 140 Å². The van der Waals surface area contributed by atoms with Gasteiger partial charge in [-0.15, -0.1) is 0 Å². The van der Waals surface area contributed by atoms with Crippen LogP contribution in [-0.2, 0) is 33.2 Å². The Morgan fingerprint density at radius 1 is 0.231 bits per heavy atom. The molecular weight excluding hydrogens is 1080 g/mol.